The van der Waals surface area contributed by atoms with Crippen molar-refractivity contribution in [2.45, 2.75) is 32.6 Å². The first-order chi connectivity index (χ1) is 8.72. The SMILES string of the molecule is COc1ccc(C(=O)N2CCCCCC2)cc1C. The first-order valence-corrected chi connectivity index (χ1v) is 6.66. The third-order valence-corrected chi connectivity index (χ3v) is 3.54. The summed E-state index contributed by atoms with van der Waals surface area (Å²) in [5, 5.41) is 0. The molecule has 0 spiro atoms. The Morgan fingerprint density at radius 2 is 1.83 bits per heavy atom. The molecule has 3 heteroatoms. The van der Waals surface area contributed by atoms with Crippen LogP contribution in [0.4, 0.5) is 0 Å². The van der Waals surface area contributed by atoms with E-state index in [0.29, 0.717) is 0 Å². The number of carbonyl (C=O) groups excluding carboxylic acids is 1. The third-order valence-electron chi connectivity index (χ3n) is 3.54. The van der Waals surface area contributed by atoms with Crippen LogP contribution in [0.25, 0.3) is 0 Å². The number of hydrogen-bond acceptors (Lipinski definition) is 2. The van der Waals surface area contributed by atoms with Gasteiger partial charge in [0.15, 0.2) is 0 Å². The minimum absolute atomic E-state index is 0.155. The van der Waals surface area contributed by atoms with Gasteiger partial charge in [-0.15, -0.1) is 0 Å². The van der Waals surface area contributed by atoms with Crippen LogP contribution in [-0.2, 0) is 0 Å². The van der Waals surface area contributed by atoms with Crippen molar-refractivity contribution in [3.05, 3.63) is 29.3 Å². The molecule has 0 atom stereocenters. The van der Waals surface area contributed by atoms with E-state index in [-0.39, 0.29) is 5.91 Å². The molecule has 1 fully saturated rings. The fraction of sp³-hybridized carbons (Fsp3) is 0.533. The van der Waals surface area contributed by atoms with Gasteiger partial charge in [0.05, 0.1) is 7.11 Å². The Hall–Kier alpha value is -1.51. The third kappa shape index (κ3) is 2.84. The lowest BCUT2D eigenvalue weighted by Gasteiger charge is -2.20. The summed E-state index contributed by atoms with van der Waals surface area (Å²) in [5.74, 6) is 0.991. The molecule has 1 amide bonds. The zero-order valence-electron chi connectivity index (χ0n) is 11.2. The van der Waals surface area contributed by atoms with Gasteiger partial charge in [-0.25, -0.2) is 0 Å². The average molecular weight is 247 g/mol. The first kappa shape index (κ1) is 12.9. The Morgan fingerprint density at radius 1 is 1.17 bits per heavy atom. The van der Waals surface area contributed by atoms with Gasteiger partial charge < -0.3 is 9.64 Å². The quantitative estimate of drug-likeness (QED) is 0.804. The maximum absolute atomic E-state index is 12.4. The average Bonchev–Trinajstić information content (AvgIpc) is 2.66. The molecule has 1 aliphatic heterocycles. The summed E-state index contributed by atoms with van der Waals surface area (Å²) in [7, 11) is 1.65. The number of methoxy groups -OCH3 is 1. The van der Waals surface area contributed by atoms with Crippen molar-refractivity contribution in [3.8, 4) is 5.75 Å². The van der Waals surface area contributed by atoms with Gasteiger partial charge in [-0.2, -0.15) is 0 Å². The van der Waals surface area contributed by atoms with Crippen molar-refractivity contribution in [2.24, 2.45) is 0 Å². The van der Waals surface area contributed by atoms with Crippen LogP contribution >= 0.6 is 0 Å². The number of hydrogen-bond donors (Lipinski definition) is 0. The molecule has 0 aliphatic carbocycles. The van der Waals surface area contributed by atoms with Crippen molar-refractivity contribution in [3.63, 3.8) is 0 Å². The first-order valence-electron chi connectivity index (χ1n) is 6.66. The summed E-state index contributed by atoms with van der Waals surface area (Å²) in [6.45, 7) is 3.76. The molecule has 98 valence electrons. The molecule has 0 unspecified atom stereocenters. The summed E-state index contributed by atoms with van der Waals surface area (Å²) in [4.78, 5) is 14.4. The van der Waals surface area contributed by atoms with E-state index in [1.807, 2.05) is 30.0 Å². The molecular weight excluding hydrogens is 226 g/mol. The molecule has 3 nitrogen and oxygen atoms in total. The van der Waals surface area contributed by atoms with Gasteiger partial charge in [0.25, 0.3) is 5.91 Å². The zero-order chi connectivity index (χ0) is 13.0. The van der Waals surface area contributed by atoms with Gasteiger partial charge in [-0.3, -0.25) is 4.79 Å². The molecule has 1 aromatic carbocycles. The predicted octanol–water partition coefficient (Wildman–Crippen LogP) is 3.02. The van der Waals surface area contributed by atoms with Crippen LogP contribution in [0, 0.1) is 6.92 Å². The van der Waals surface area contributed by atoms with Gasteiger partial charge in [0, 0.05) is 18.7 Å². The molecule has 2 rings (SSSR count). The maximum atomic E-state index is 12.4. The van der Waals surface area contributed by atoms with Gasteiger partial charge in [-0.1, -0.05) is 12.8 Å². The standard InChI is InChI=1S/C15H21NO2/c1-12-11-13(7-8-14(12)18-2)15(17)16-9-5-3-4-6-10-16/h7-8,11H,3-6,9-10H2,1-2H3. The lowest BCUT2D eigenvalue weighted by molar-refractivity contribution is 0.0761. The maximum Gasteiger partial charge on any atom is 0.253 e. The Bertz CT molecular complexity index is 421. The molecule has 1 saturated heterocycles. The number of amides is 1. The van der Waals surface area contributed by atoms with Crippen LogP contribution in [0.2, 0.25) is 0 Å². The number of carbonyl (C=O) groups is 1. The van der Waals surface area contributed by atoms with Crippen LogP contribution in [0.1, 0.15) is 41.6 Å². The number of aryl methyl sites for hydroxylation is 1. The van der Waals surface area contributed by atoms with E-state index in [1.165, 1.54) is 12.8 Å². The normalized spacial score (nSPS) is 16.2. The Morgan fingerprint density at radius 3 is 2.39 bits per heavy atom. The van der Waals surface area contributed by atoms with Crippen molar-refractivity contribution >= 4 is 5.91 Å². The highest BCUT2D eigenvalue weighted by molar-refractivity contribution is 5.94. The van der Waals surface area contributed by atoms with Crippen molar-refractivity contribution in [2.75, 3.05) is 20.2 Å². The van der Waals surface area contributed by atoms with E-state index in [1.54, 1.807) is 7.11 Å². The minimum atomic E-state index is 0.155. The fourth-order valence-electron chi connectivity index (χ4n) is 2.47. The van der Waals surface area contributed by atoms with E-state index < -0.39 is 0 Å². The van der Waals surface area contributed by atoms with Gasteiger partial charge in [-0.05, 0) is 43.5 Å². The number of rotatable bonds is 2. The Balaban J connectivity index is 2.14. The van der Waals surface area contributed by atoms with Crippen molar-refractivity contribution in [1.82, 2.24) is 4.90 Å². The van der Waals surface area contributed by atoms with E-state index in [2.05, 4.69) is 0 Å². The molecule has 1 aliphatic rings. The highest BCUT2D eigenvalue weighted by atomic mass is 16.5. The minimum Gasteiger partial charge on any atom is -0.496 e. The second kappa shape index (κ2) is 5.89. The Labute approximate surface area is 109 Å². The fourth-order valence-corrected chi connectivity index (χ4v) is 2.47. The molecule has 1 heterocycles. The number of nitrogens with zero attached hydrogens (tertiary/aromatic N) is 1. The summed E-state index contributed by atoms with van der Waals surface area (Å²) in [6.07, 6.45) is 4.73. The van der Waals surface area contributed by atoms with E-state index in [0.717, 1.165) is 42.8 Å². The number of benzene rings is 1. The van der Waals surface area contributed by atoms with E-state index >= 15 is 0 Å². The van der Waals surface area contributed by atoms with Crippen molar-refractivity contribution in [1.29, 1.82) is 0 Å². The van der Waals surface area contributed by atoms with Gasteiger partial charge >= 0.3 is 0 Å². The van der Waals surface area contributed by atoms with E-state index in [9.17, 15) is 4.79 Å². The summed E-state index contributed by atoms with van der Waals surface area (Å²) in [6, 6.07) is 5.66. The molecular formula is C15H21NO2. The molecule has 0 radical (unpaired) electrons. The number of ether oxygens (including phenoxy) is 1. The van der Waals surface area contributed by atoms with Crippen molar-refractivity contribution < 1.29 is 9.53 Å². The summed E-state index contributed by atoms with van der Waals surface area (Å²) >= 11 is 0. The summed E-state index contributed by atoms with van der Waals surface area (Å²) in [5.41, 5.74) is 1.79. The second-order valence-corrected chi connectivity index (χ2v) is 4.89. The smallest absolute Gasteiger partial charge is 0.253 e. The summed E-state index contributed by atoms with van der Waals surface area (Å²) < 4.78 is 5.22. The molecule has 0 N–H and O–H groups in total. The zero-order valence-corrected chi connectivity index (χ0v) is 11.2. The van der Waals surface area contributed by atoms with Crippen LogP contribution in [0.3, 0.4) is 0 Å². The van der Waals surface area contributed by atoms with Crippen LogP contribution in [0.15, 0.2) is 18.2 Å². The molecule has 0 aromatic heterocycles. The largest absolute Gasteiger partial charge is 0.496 e. The molecule has 1 aromatic rings. The lowest BCUT2D eigenvalue weighted by atomic mass is 10.1. The Kier molecular flexibility index (Phi) is 4.24. The highest BCUT2D eigenvalue weighted by Crippen LogP contribution is 2.20. The predicted molar refractivity (Wildman–Crippen MR) is 72.1 cm³/mol. The second-order valence-electron chi connectivity index (χ2n) is 4.89. The van der Waals surface area contributed by atoms with Crippen LogP contribution in [-0.4, -0.2) is 31.0 Å². The molecule has 18 heavy (non-hydrogen) atoms. The van der Waals surface area contributed by atoms with Crippen LogP contribution < -0.4 is 4.74 Å². The monoisotopic (exact) mass is 247 g/mol. The van der Waals surface area contributed by atoms with Crippen LogP contribution in [0.5, 0.6) is 5.75 Å². The molecule has 0 saturated carbocycles. The van der Waals surface area contributed by atoms with Gasteiger partial charge in [0.1, 0.15) is 5.75 Å². The number of likely N-dealkylation sites (tertiary alicyclic amines) is 1. The topological polar surface area (TPSA) is 29.5 Å². The highest BCUT2D eigenvalue weighted by Gasteiger charge is 2.17. The molecule has 0 bridgehead atoms. The van der Waals surface area contributed by atoms with E-state index in [4.69, 9.17) is 4.74 Å². The van der Waals surface area contributed by atoms with Gasteiger partial charge in [0.2, 0.25) is 0 Å². The lowest BCUT2D eigenvalue weighted by Crippen LogP contribution is -2.31.